The summed E-state index contributed by atoms with van der Waals surface area (Å²) in [5.41, 5.74) is 0. The molecule has 4 heteroatoms. The number of ether oxygens (including phenoxy) is 1. The Bertz CT molecular complexity index is 231. The molecule has 0 spiro atoms. The number of sulfone groups is 1. The molecule has 1 heterocycles. The highest BCUT2D eigenvalue weighted by molar-refractivity contribution is 7.93. The first-order chi connectivity index (χ1) is 4.86. The van der Waals surface area contributed by atoms with E-state index in [1.807, 2.05) is 0 Å². The van der Waals surface area contributed by atoms with Gasteiger partial charge in [-0.15, -0.1) is 0 Å². The van der Waals surface area contributed by atoms with Gasteiger partial charge in [0.25, 0.3) is 0 Å². The summed E-state index contributed by atoms with van der Waals surface area (Å²) < 4.78 is 27.3. The zero-order valence-corrected chi connectivity index (χ0v) is 7.94. The van der Waals surface area contributed by atoms with Crippen LogP contribution in [0.3, 0.4) is 0 Å². The maximum absolute atomic E-state index is 11.6. The molecule has 1 saturated heterocycles. The molecular weight excluding hydrogens is 164 g/mol. The summed E-state index contributed by atoms with van der Waals surface area (Å²) in [5, 5.41) is -0.262. The Morgan fingerprint density at radius 1 is 1.27 bits per heavy atom. The molecule has 1 aliphatic heterocycles. The van der Waals surface area contributed by atoms with Gasteiger partial charge in [-0.1, -0.05) is 0 Å². The van der Waals surface area contributed by atoms with Crippen LogP contribution in [0.15, 0.2) is 0 Å². The van der Waals surface area contributed by atoms with Gasteiger partial charge in [-0.2, -0.15) is 0 Å². The second kappa shape index (κ2) is 2.45. The Hall–Kier alpha value is -0.0900. The predicted molar refractivity (Wildman–Crippen MR) is 43.3 cm³/mol. The van der Waals surface area contributed by atoms with E-state index in [0.717, 1.165) is 0 Å². The maximum Gasteiger partial charge on any atom is 0.162 e. The Balaban J connectivity index is 2.82. The lowest BCUT2D eigenvalue weighted by atomic mass is 10.3. The smallest absolute Gasteiger partial charge is 0.162 e. The van der Waals surface area contributed by atoms with Crippen molar-refractivity contribution in [3.05, 3.63) is 0 Å². The van der Waals surface area contributed by atoms with Crippen LogP contribution >= 0.6 is 0 Å². The van der Waals surface area contributed by atoms with Crippen LogP contribution in [0.5, 0.6) is 0 Å². The average molecular weight is 178 g/mol. The van der Waals surface area contributed by atoms with E-state index < -0.39 is 14.6 Å². The summed E-state index contributed by atoms with van der Waals surface area (Å²) in [6.07, 6.45) is 0. The van der Waals surface area contributed by atoms with E-state index >= 15 is 0 Å². The van der Waals surface area contributed by atoms with Gasteiger partial charge in [0.15, 0.2) is 9.84 Å². The molecule has 1 aliphatic rings. The van der Waals surface area contributed by atoms with Gasteiger partial charge in [0.1, 0.15) is 5.25 Å². The van der Waals surface area contributed by atoms with Crippen LogP contribution in [0, 0.1) is 0 Å². The fraction of sp³-hybridized carbons (Fsp3) is 1.00. The first-order valence-corrected chi connectivity index (χ1v) is 5.21. The molecule has 11 heavy (non-hydrogen) atoms. The normalized spacial score (nSPS) is 21.4. The van der Waals surface area contributed by atoms with Crippen molar-refractivity contribution < 1.29 is 13.2 Å². The molecule has 0 atom stereocenters. The van der Waals surface area contributed by atoms with Gasteiger partial charge in [-0.25, -0.2) is 8.42 Å². The Morgan fingerprint density at radius 3 is 1.82 bits per heavy atom. The van der Waals surface area contributed by atoms with E-state index in [2.05, 4.69) is 0 Å². The van der Waals surface area contributed by atoms with Crippen molar-refractivity contribution in [3.8, 4) is 0 Å². The van der Waals surface area contributed by atoms with E-state index in [1.165, 1.54) is 0 Å². The molecule has 0 aromatic rings. The summed E-state index contributed by atoms with van der Waals surface area (Å²) >= 11 is 0. The maximum atomic E-state index is 11.6. The second-order valence-electron chi connectivity index (χ2n) is 3.82. The van der Waals surface area contributed by atoms with Gasteiger partial charge in [0, 0.05) is 0 Å². The third-order valence-corrected chi connectivity index (χ3v) is 4.76. The molecule has 0 aromatic heterocycles. The van der Waals surface area contributed by atoms with Crippen molar-refractivity contribution in [2.45, 2.75) is 30.8 Å². The first kappa shape index (κ1) is 9.00. The first-order valence-electron chi connectivity index (χ1n) is 3.67. The standard InChI is InChI=1S/C7H14O3S/c1-7(2,3)11(8,9)6-4-10-5-6/h6H,4-5H2,1-3H3. The van der Waals surface area contributed by atoms with Crippen LogP contribution < -0.4 is 0 Å². The molecule has 0 saturated carbocycles. The van der Waals surface area contributed by atoms with Crippen molar-refractivity contribution in [2.75, 3.05) is 13.2 Å². The van der Waals surface area contributed by atoms with Crippen LogP contribution in [0.4, 0.5) is 0 Å². The molecule has 0 bridgehead atoms. The van der Waals surface area contributed by atoms with Gasteiger partial charge in [0.05, 0.1) is 18.0 Å². The molecular formula is C7H14O3S. The lowest BCUT2D eigenvalue weighted by molar-refractivity contribution is 0.0408. The highest BCUT2D eigenvalue weighted by Crippen LogP contribution is 2.24. The van der Waals surface area contributed by atoms with Crippen molar-refractivity contribution in [2.24, 2.45) is 0 Å². The highest BCUT2D eigenvalue weighted by Gasteiger charge is 2.40. The second-order valence-corrected chi connectivity index (χ2v) is 6.80. The Labute approximate surface area is 67.7 Å². The van der Waals surface area contributed by atoms with Gasteiger partial charge in [0.2, 0.25) is 0 Å². The largest absolute Gasteiger partial charge is 0.379 e. The van der Waals surface area contributed by atoms with Crippen molar-refractivity contribution >= 4 is 9.84 Å². The SMILES string of the molecule is CC(C)(C)S(=O)(=O)C1COC1. The van der Waals surface area contributed by atoms with E-state index in [9.17, 15) is 8.42 Å². The lowest BCUT2D eigenvalue weighted by Crippen LogP contribution is -2.48. The molecule has 3 nitrogen and oxygen atoms in total. The summed E-state index contributed by atoms with van der Waals surface area (Å²) in [6.45, 7) is 5.92. The van der Waals surface area contributed by atoms with E-state index in [1.54, 1.807) is 20.8 Å². The zero-order chi connectivity index (χ0) is 8.70. The fourth-order valence-electron chi connectivity index (χ4n) is 0.893. The molecule has 0 aromatic carbocycles. The summed E-state index contributed by atoms with van der Waals surface area (Å²) in [7, 11) is -2.96. The molecule has 1 rings (SSSR count). The average Bonchev–Trinajstić information content (AvgIpc) is 1.53. The van der Waals surface area contributed by atoms with E-state index in [0.29, 0.717) is 13.2 Å². The molecule has 0 N–H and O–H groups in total. The van der Waals surface area contributed by atoms with E-state index in [4.69, 9.17) is 4.74 Å². The number of hydrogen-bond acceptors (Lipinski definition) is 3. The van der Waals surface area contributed by atoms with Gasteiger partial charge in [-0.05, 0) is 20.8 Å². The van der Waals surface area contributed by atoms with Crippen molar-refractivity contribution in [3.63, 3.8) is 0 Å². The minimum atomic E-state index is -2.96. The minimum Gasteiger partial charge on any atom is -0.379 e. The van der Waals surface area contributed by atoms with Crippen LogP contribution in [-0.4, -0.2) is 31.6 Å². The Morgan fingerprint density at radius 2 is 1.73 bits per heavy atom. The third-order valence-electron chi connectivity index (χ3n) is 1.90. The monoisotopic (exact) mass is 178 g/mol. The molecule has 0 aliphatic carbocycles. The summed E-state index contributed by atoms with van der Waals surface area (Å²) in [5.74, 6) is 0. The van der Waals surface area contributed by atoms with Crippen molar-refractivity contribution in [1.82, 2.24) is 0 Å². The number of hydrogen-bond donors (Lipinski definition) is 0. The summed E-state index contributed by atoms with van der Waals surface area (Å²) in [6, 6.07) is 0. The van der Waals surface area contributed by atoms with Gasteiger partial charge >= 0.3 is 0 Å². The Kier molecular flexibility index (Phi) is 2.01. The van der Waals surface area contributed by atoms with Crippen LogP contribution in [0.25, 0.3) is 0 Å². The highest BCUT2D eigenvalue weighted by atomic mass is 32.2. The van der Waals surface area contributed by atoms with Crippen LogP contribution in [0.1, 0.15) is 20.8 Å². The van der Waals surface area contributed by atoms with E-state index in [-0.39, 0.29) is 5.25 Å². The topological polar surface area (TPSA) is 43.4 Å². The molecule has 0 amide bonds. The minimum absolute atomic E-state index is 0.262. The predicted octanol–water partition coefficient (Wildman–Crippen LogP) is 0.599. The fourth-order valence-corrected chi connectivity index (χ4v) is 2.44. The lowest BCUT2D eigenvalue weighted by Gasteiger charge is -2.32. The molecule has 0 unspecified atom stereocenters. The van der Waals surface area contributed by atoms with Crippen LogP contribution in [0.2, 0.25) is 0 Å². The molecule has 66 valence electrons. The number of rotatable bonds is 1. The molecule has 0 radical (unpaired) electrons. The van der Waals surface area contributed by atoms with Crippen LogP contribution in [-0.2, 0) is 14.6 Å². The third kappa shape index (κ3) is 1.42. The van der Waals surface area contributed by atoms with Gasteiger partial charge in [-0.3, -0.25) is 0 Å². The van der Waals surface area contributed by atoms with Gasteiger partial charge < -0.3 is 4.74 Å². The van der Waals surface area contributed by atoms with Crippen molar-refractivity contribution in [1.29, 1.82) is 0 Å². The summed E-state index contributed by atoms with van der Waals surface area (Å²) in [4.78, 5) is 0. The molecule has 1 fully saturated rings. The zero-order valence-electron chi connectivity index (χ0n) is 7.12. The quantitative estimate of drug-likeness (QED) is 0.590.